The Kier molecular flexibility index (Phi) is 8.50. The highest BCUT2D eigenvalue weighted by Gasteiger charge is 2.42. The zero-order valence-electron chi connectivity index (χ0n) is 25.3. The number of fused-ring (bicyclic) bond motifs is 2. The Bertz CT molecular complexity index is 1550. The predicted octanol–water partition coefficient (Wildman–Crippen LogP) is 5.33. The van der Waals surface area contributed by atoms with Gasteiger partial charge in [0.05, 0.1) is 49.5 Å². The van der Waals surface area contributed by atoms with Crippen molar-refractivity contribution in [3.63, 3.8) is 0 Å². The van der Waals surface area contributed by atoms with Gasteiger partial charge in [0, 0.05) is 55.3 Å². The van der Waals surface area contributed by atoms with Crippen LogP contribution >= 0.6 is 11.6 Å². The van der Waals surface area contributed by atoms with E-state index in [1.807, 2.05) is 47.5 Å². The first kappa shape index (κ1) is 29.8. The number of piperidine rings is 1. The molecule has 1 aromatic heterocycles. The number of anilines is 5. The summed E-state index contributed by atoms with van der Waals surface area (Å²) in [7, 11) is 1.64. The molecule has 11 nitrogen and oxygen atoms in total. The van der Waals surface area contributed by atoms with E-state index >= 15 is 0 Å². The Morgan fingerprint density at radius 3 is 2.62 bits per heavy atom. The number of nitrogens with one attached hydrogen (secondary N) is 2. The minimum absolute atomic E-state index is 0.00218. The largest absolute Gasteiger partial charge is 0.494 e. The number of hydroxylamine groups is 1. The predicted molar refractivity (Wildman–Crippen MR) is 174 cm³/mol. The van der Waals surface area contributed by atoms with Gasteiger partial charge in [0.15, 0.2) is 5.82 Å². The van der Waals surface area contributed by atoms with Crippen LogP contribution in [0.25, 0.3) is 0 Å². The Balaban J connectivity index is 1.11. The summed E-state index contributed by atoms with van der Waals surface area (Å²) in [4.78, 5) is 32.5. The number of nitrogens with zero attached hydrogens (tertiary/aromatic N) is 5. The summed E-state index contributed by atoms with van der Waals surface area (Å²) in [6, 6.07) is 14.6. The third kappa shape index (κ3) is 6.17. The number of halogens is 1. The minimum atomic E-state index is -0.279. The Morgan fingerprint density at radius 1 is 1.09 bits per heavy atom. The molecule has 4 fully saturated rings. The molecule has 2 bridgehead atoms. The number of likely N-dealkylation sites (tertiary alicyclic amines) is 1. The summed E-state index contributed by atoms with van der Waals surface area (Å²) in [5.74, 6) is 1.54. The van der Waals surface area contributed by atoms with Crippen molar-refractivity contribution in [3.05, 3.63) is 72.0 Å². The molecular weight excluding hydrogens is 594 g/mol. The molecule has 0 spiro atoms. The Morgan fingerprint density at radius 2 is 1.91 bits per heavy atom. The summed E-state index contributed by atoms with van der Waals surface area (Å²) in [5, 5.41) is 8.90. The van der Waals surface area contributed by atoms with Crippen molar-refractivity contribution < 1.29 is 19.1 Å². The molecule has 3 aromatic rings. The zero-order valence-corrected chi connectivity index (χ0v) is 26.1. The van der Waals surface area contributed by atoms with Gasteiger partial charge in [-0.2, -0.15) is 0 Å². The number of amides is 1. The van der Waals surface area contributed by atoms with Crippen LogP contribution in [0, 0.1) is 0 Å². The first-order valence-corrected chi connectivity index (χ1v) is 15.9. The molecule has 2 N–H and O–H groups in total. The van der Waals surface area contributed by atoms with Crippen molar-refractivity contribution in [1.29, 1.82) is 0 Å². The molecular formula is C33H38ClN7O4. The summed E-state index contributed by atoms with van der Waals surface area (Å²) >= 11 is 6.12. The van der Waals surface area contributed by atoms with Crippen LogP contribution < -0.4 is 25.3 Å². The molecule has 0 radical (unpaired) electrons. The fourth-order valence-corrected chi connectivity index (χ4v) is 7.18. The lowest BCUT2D eigenvalue weighted by atomic mass is 10.0. The molecule has 4 saturated heterocycles. The molecule has 7 rings (SSSR count). The van der Waals surface area contributed by atoms with Crippen molar-refractivity contribution in [1.82, 2.24) is 14.9 Å². The van der Waals surface area contributed by atoms with Crippen LogP contribution in [0.2, 0.25) is 5.02 Å². The lowest BCUT2D eigenvalue weighted by Gasteiger charge is -2.41. The minimum Gasteiger partial charge on any atom is -0.494 e. The lowest BCUT2D eigenvalue weighted by Crippen LogP contribution is -2.49. The number of carbonyl (C=O) groups excluding carboxylic acids is 1. The van der Waals surface area contributed by atoms with Gasteiger partial charge in [0.25, 0.3) is 0 Å². The molecule has 2 aromatic carbocycles. The topological polar surface area (TPSA) is 104 Å². The van der Waals surface area contributed by atoms with Gasteiger partial charge in [-0.1, -0.05) is 30.3 Å². The number of hydrogen-bond donors (Lipinski definition) is 2. The number of aromatic nitrogens is 2. The van der Waals surface area contributed by atoms with E-state index in [2.05, 4.69) is 37.0 Å². The van der Waals surface area contributed by atoms with Crippen molar-refractivity contribution in [2.24, 2.45) is 0 Å². The van der Waals surface area contributed by atoms with E-state index in [-0.39, 0.29) is 11.9 Å². The Hall–Kier alpha value is -3.90. The number of methoxy groups -OCH3 is 1. The maximum Gasteiger partial charge on any atom is 0.247 e. The number of carbonyl (C=O) groups is 1. The van der Waals surface area contributed by atoms with E-state index in [1.54, 1.807) is 7.11 Å². The molecule has 5 heterocycles. The number of morpholine rings is 1. The van der Waals surface area contributed by atoms with Gasteiger partial charge in [0.2, 0.25) is 5.91 Å². The lowest BCUT2D eigenvalue weighted by molar-refractivity contribution is -0.111. The van der Waals surface area contributed by atoms with E-state index in [0.29, 0.717) is 58.6 Å². The molecule has 45 heavy (non-hydrogen) atoms. The molecule has 4 aliphatic heterocycles. The number of benzene rings is 2. The van der Waals surface area contributed by atoms with E-state index < -0.39 is 0 Å². The third-order valence-corrected chi connectivity index (χ3v) is 9.53. The monoisotopic (exact) mass is 631 g/mol. The van der Waals surface area contributed by atoms with Crippen LogP contribution in [0.1, 0.15) is 37.3 Å². The van der Waals surface area contributed by atoms with Crippen molar-refractivity contribution >= 4 is 46.2 Å². The summed E-state index contributed by atoms with van der Waals surface area (Å²) < 4.78 is 11.7. The number of hydrogen-bond acceptors (Lipinski definition) is 10. The molecule has 0 unspecified atom stereocenters. The highest BCUT2D eigenvalue weighted by Crippen LogP contribution is 2.41. The average molecular weight is 632 g/mol. The second kappa shape index (κ2) is 12.8. The summed E-state index contributed by atoms with van der Waals surface area (Å²) in [5.41, 5.74) is 3.34. The second-order valence-electron chi connectivity index (χ2n) is 11.9. The van der Waals surface area contributed by atoms with Gasteiger partial charge >= 0.3 is 0 Å². The maximum absolute atomic E-state index is 12.5. The van der Waals surface area contributed by atoms with Gasteiger partial charge in [-0.05, 0) is 49.1 Å². The molecule has 0 aliphatic carbocycles. The molecule has 0 saturated carbocycles. The van der Waals surface area contributed by atoms with Crippen LogP contribution in [0.5, 0.6) is 5.75 Å². The fraction of sp³-hybridized carbons (Fsp3) is 0.424. The molecule has 236 valence electrons. The van der Waals surface area contributed by atoms with Crippen molar-refractivity contribution in [3.8, 4) is 5.75 Å². The van der Waals surface area contributed by atoms with Gasteiger partial charge < -0.3 is 25.0 Å². The van der Waals surface area contributed by atoms with Gasteiger partial charge in [-0.25, -0.2) is 15.0 Å². The van der Waals surface area contributed by atoms with Gasteiger partial charge in [-0.3, -0.25) is 14.5 Å². The van der Waals surface area contributed by atoms with E-state index in [4.69, 9.17) is 25.9 Å². The number of rotatable bonds is 9. The van der Waals surface area contributed by atoms with Gasteiger partial charge in [0.1, 0.15) is 17.9 Å². The van der Waals surface area contributed by atoms with E-state index in [0.717, 1.165) is 63.2 Å². The average Bonchev–Trinajstić information content (AvgIpc) is 3.84. The molecule has 12 heteroatoms. The molecule has 1 amide bonds. The van der Waals surface area contributed by atoms with E-state index in [9.17, 15) is 4.79 Å². The van der Waals surface area contributed by atoms with Crippen LogP contribution in [-0.2, 0) is 14.4 Å². The first-order chi connectivity index (χ1) is 22.0. The van der Waals surface area contributed by atoms with Crippen molar-refractivity contribution in [2.45, 2.75) is 49.9 Å². The highest BCUT2D eigenvalue weighted by atomic mass is 35.5. The van der Waals surface area contributed by atoms with Crippen LogP contribution in [-0.4, -0.2) is 78.9 Å². The smallest absolute Gasteiger partial charge is 0.247 e. The fourth-order valence-electron chi connectivity index (χ4n) is 7.05. The van der Waals surface area contributed by atoms with Crippen LogP contribution in [0.3, 0.4) is 0 Å². The first-order valence-electron chi connectivity index (χ1n) is 15.5. The highest BCUT2D eigenvalue weighted by molar-refractivity contribution is 6.30. The third-order valence-electron chi connectivity index (χ3n) is 9.28. The van der Waals surface area contributed by atoms with Crippen LogP contribution in [0.15, 0.2) is 61.4 Å². The maximum atomic E-state index is 12.5. The molecule has 4 aliphatic rings. The number of ether oxygens (including phenoxy) is 2. The van der Waals surface area contributed by atoms with Gasteiger partial charge in [-0.15, -0.1) is 0 Å². The zero-order chi connectivity index (χ0) is 30.9. The van der Waals surface area contributed by atoms with Crippen molar-refractivity contribution in [2.75, 3.05) is 60.6 Å². The summed E-state index contributed by atoms with van der Waals surface area (Å²) in [6.07, 6.45) is 7.27. The quantitative estimate of drug-likeness (QED) is 0.301. The Labute approximate surface area is 268 Å². The second-order valence-corrected chi connectivity index (χ2v) is 12.4. The molecule has 3 atom stereocenters. The van der Waals surface area contributed by atoms with Crippen LogP contribution in [0.4, 0.5) is 28.7 Å². The standard InChI is InChI=1S/C33H38ClN7O4/c1-3-33(42)38-26-15-27(30(43-2)16-29(26)39-11-8-23(9-12-39)40-18-25-14-24(40)19-44-25)37-31-17-32(36-20-35-31)41-28(10-13-45-41)21-4-6-22(34)7-5-21/h3-7,15-17,20,23-25,28H,1,8-14,18-19H2,2H3,(H,38,42)(H,35,36,37)/t24-,25-,28-/m1/s1. The summed E-state index contributed by atoms with van der Waals surface area (Å²) in [6.45, 7) is 7.89. The normalized spacial score (nSPS) is 23.4. The SMILES string of the molecule is C=CC(=O)Nc1cc(Nc2cc(N3OCC[C@@H]3c3ccc(Cl)cc3)ncn2)c(OC)cc1N1CCC(N2C[C@H]3C[C@@H]2CO3)CC1. The van der Waals surface area contributed by atoms with E-state index in [1.165, 1.54) is 12.4 Å².